The van der Waals surface area contributed by atoms with Gasteiger partial charge >= 0.3 is 5.69 Å². The second kappa shape index (κ2) is 10.1. The first-order chi connectivity index (χ1) is 17.9. The highest BCUT2D eigenvalue weighted by Crippen LogP contribution is 2.16. The molecule has 0 saturated carbocycles. The molecule has 37 heavy (non-hydrogen) atoms. The van der Waals surface area contributed by atoms with Crippen LogP contribution in [0.15, 0.2) is 82.4 Å². The van der Waals surface area contributed by atoms with Crippen molar-refractivity contribution in [1.29, 1.82) is 0 Å². The summed E-state index contributed by atoms with van der Waals surface area (Å²) >= 11 is 6.01. The topological polar surface area (TPSA) is 90.4 Å². The van der Waals surface area contributed by atoms with E-state index in [0.717, 1.165) is 17.5 Å². The molecule has 1 N–H and O–H groups in total. The lowest BCUT2D eigenvalue weighted by Crippen LogP contribution is -2.32. The van der Waals surface area contributed by atoms with Gasteiger partial charge in [0, 0.05) is 16.6 Å². The molecule has 0 radical (unpaired) electrons. The molecule has 3 aromatic carbocycles. The summed E-state index contributed by atoms with van der Waals surface area (Å²) < 4.78 is 4.23. The summed E-state index contributed by atoms with van der Waals surface area (Å²) in [5.41, 5.74) is 1.75. The zero-order chi connectivity index (χ0) is 26.1. The lowest BCUT2D eigenvalue weighted by molar-refractivity contribution is 0.0939. The number of carbonyl (C=O) groups is 1. The summed E-state index contributed by atoms with van der Waals surface area (Å²) in [7, 11) is 0. The standard InChI is InChI=1S/C28H26ClN5O3/c1-3-18(2)30-25(35)21-11-14-23-24(15-21)34-27(32(26(23)36)16-19-7-5-4-6-8-19)31-33(28(34)37)17-20-9-12-22(29)13-10-20/h4-15,18H,3,16-17H2,1-2H3,(H,30,35). The van der Waals surface area contributed by atoms with Crippen molar-refractivity contribution in [2.45, 2.75) is 39.4 Å². The number of rotatable bonds is 7. The Kier molecular flexibility index (Phi) is 6.67. The Morgan fingerprint density at radius 3 is 2.38 bits per heavy atom. The molecule has 5 rings (SSSR count). The van der Waals surface area contributed by atoms with Gasteiger partial charge in [-0.25, -0.2) is 13.9 Å². The van der Waals surface area contributed by atoms with E-state index in [2.05, 4.69) is 10.4 Å². The van der Waals surface area contributed by atoms with Gasteiger partial charge in [0.25, 0.3) is 11.5 Å². The maximum absolute atomic E-state index is 13.7. The van der Waals surface area contributed by atoms with Crippen LogP contribution in [0.25, 0.3) is 16.7 Å². The summed E-state index contributed by atoms with van der Waals surface area (Å²) in [5.74, 6) is -0.0562. The predicted molar refractivity (Wildman–Crippen MR) is 145 cm³/mol. The minimum absolute atomic E-state index is 0.00747. The first-order valence-corrected chi connectivity index (χ1v) is 12.5. The van der Waals surface area contributed by atoms with Gasteiger partial charge in [0.2, 0.25) is 5.78 Å². The molecule has 9 heteroatoms. The van der Waals surface area contributed by atoms with E-state index in [9.17, 15) is 14.4 Å². The Labute approximate surface area is 217 Å². The number of halogens is 1. The molecule has 0 aliphatic heterocycles. The molecule has 8 nitrogen and oxygen atoms in total. The van der Waals surface area contributed by atoms with E-state index in [1.54, 1.807) is 30.3 Å². The molecule has 2 heterocycles. The van der Waals surface area contributed by atoms with Crippen LogP contribution in [0.5, 0.6) is 0 Å². The van der Waals surface area contributed by atoms with Gasteiger partial charge in [0.05, 0.1) is 24.0 Å². The van der Waals surface area contributed by atoms with Crippen LogP contribution >= 0.6 is 11.6 Å². The van der Waals surface area contributed by atoms with Crippen LogP contribution in [0.4, 0.5) is 0 Å². The normalized spacial score (nSPS) is 12.2. The van der Waals surface area contributed by atoms with Crippen molar-refractivity contribution in [3.63, 3.8) is 0 Å². The van der Waals surface area contributed by atoms with Crippen LogP contribution in [-0.4, -0.2) is 30.7 Å². The van der Waals surface area contributed by atoms with Crippen molar-refractivity contribution in [1.82, 2.24) is 24.1 Å². The fourth-order valence-corrected chi connectivity index (χ4v) is 4.37. The van der Waals surface area contributed by atoms with E-state index in [1.165, 1.54) is 13.6 Å². The highest BCUT2D eigenvalue weighted by atomic mass is 35.5. The second-order valence-electron chi connectivity index (χ2n) is 9.09. The number of carbonyl (C=O) groups excluding carboxylic acids is 1. The maximum atomic E-state index is 13.7. The molecule has 188 valence electrons. The molecule has 0 bridgehead atoms. The third kappa shape index (κ3) is 4.80. The zero-order valence-corrected chi connectivity index (χ0v) is 21.3. The molecule has 5 aromatic rings. The minimum Gasteiger partial charge on any atom is -0.350 e. The second-order valence-corrected chi connectivity index (χ2v) is 9.53. The predicted octanol–water partition coefficient (Wildman–Crippen LogP) is 4.09. The number of nitrogens with zero attached hydrogens (tertiary/aromatic N) is 4. The molecule has 0 spiro atoms. The van der Waals surface area contributed by atoms with Crippen LogP contribution in [0, 0.1) is 0 Å². The highest BCUT2D eigenvalue weighted by Gasteiger charge is 2.20. The Balaban J connectivity index is 1.73. The van der Waals surface area contributed by atoms with Gasteiger partial charge in [-0.1, -0.05) is 61.0 Å². The Hall–Kier alpha value is -4.17. The number of aromatic nitrogens is 4. The quantitative estimate of drug-likeness (QED) is 0.353. The first-order valence-electron chi connectivity index (χ1n) is 12.1. The van der Waals surface area contributed by atoms with Crippen molar-refractivity contribution >= 4 is 34.2 Å². The molecule has 1 amide bonds. The fourth-order valence-electron chi connectivity index (χ4n) is 4.24. The van der Waals surface area contributed by atoms with Gasteiger partial charge in [-0.05, 0) is 54.8 Å². The van der Waals surface area contributed by atoms with E-state index in [1.807, 2.05) is 56.3 Å². The Bertz CT molecular complexity index is 1720. The Morgan fingerprint density at radius 1 is 0.973 bits per heavy atom. The number of hydrogen-bond acceptors (Lipinski definition) is 4. The Morgan fingerprint density at radius 2 is 1.68 bits per heavy atom. The van der Waals surface area contributed by atoms with Gasteiger partial charge in [-0.3, -0.25) is 14.2 Å². The minimum atomic E-state index is -0.406. The molecule has 0 saturated heterocycles. The number of nitrogens with one attached hydrogen (secondary N) is 1. The molecular weight excluding hydrogens is 490 g/mol. The molecule has 1 unspecified atom stereocenters. The van der Waals surface area contributed by atoms with Crippen molar-refractivity contribution < 1.29 is 4.79 Å². The maximum Gasteiger partial charge on any atom is 0.352 e. The average molecular weight is 516 g/mol. The zero-order valence-electron chi connectivity index (χ0n) is 20.5. The van der Waals surface area contributed by atoms with E-state index in [4.69, 9.17) is 11.6 Å². The van der Waals surface area contributed by atoms with Gasteiger partial charge in [0.15, 0.2) is 0 Å². The van der Waals surface area contributed by atoms with E-state index < -0.39 is 5.69 Å². The number of amides is 1. The number of fused-ring (bicyclic) bond motifs is 3. The monoisotopic (exact) mass is 515 g/mol. The van der Waals surface area contributed by atoms with Crippen LogP contribution in [0.3, 0.4) is 0 Å². The van der Waals surface area contributed by atoms with Crippen molar-refractivity contribution in [2.75, 3.05) is 0 Å². The third-order valence-corrected chi connectivity index (χ3v) is 6.71. The smallest absolute Gasteiger partial charge is 0.350 e. The summed E-state index contributed by atoms with van der Waals surface area (Å²) in [6.45, 7) is 4.35. The highest BCUT2D eigenvalue weighted by molar-refractivity contribution is 6.30. The van der Waals surface area contributed by atoms with Crippen molar-refractivity contribution in [3.8, 4) is 0 Å². The van der Waals surface area contributed by atoms with E-state index >= 15 is 0 Å². The SMILES string of the molecule is CCC(C)NC(=O)c1ccc2c(=O)n(Cc3ccccc3)c3nn(Cc4ccc(Cl)cc4)c(=O)n3c2c1. The van der Waals surface area contributed by atoms with E-state index in [0.29, 0.717) is 21.5 Å². The van der Waals surface area contributed by atoms with Gasteiger partial charge in [0.1, 0.15) is 0 Å². The summed E-state index contributed by atoms with van der Waals surface area (Å²) in [4.78, 5) is 40.1. The van der Waals surface area contributed by atoms with Crippen molar-refractivity contribution in [3.05, 3.63) is 115 Å². The fraction of sp³-hybridized carbons (Fsp3) is 0.214. The van der Waals surface area contributed by atoms with Crippen LogP contribution in [0.2, 0.25) is 5.02 Å². The molecule has 1 atom stereocenters. The van der Waals surface area contributed by atoms with Crippen LogP contribution in [0.1, 0.15) is 41.8 Å². The summed E-state index contributed by atoms with van der Waals surface area (Å²) in [5, 5.41) is 8.43. The molecule has 0 fully saturated rings. The molecule has 2 aromatic heterocycles. The van der Waals surface area contributed by atoms with E-state index in [-0.39, 0.29) is 36.4 Å². The lowest BCUT2D eigenvalue weighted by atomic mass is 10.1. The molecule has 0 aliphatic rings. The summed E-state index contributed by atoms with van der Waals surface area (Å²) in [6, 6.07) is 21.5. The number of hydrogen-bond donors (Lipinski definition) is 1. The first kappa shape index (κ1) is 24.5. The van der Waals surface area contributed by atoms with Gasteiger partial charge in [-0.2, -0.15) is 0 Å². The summed E-state index contributed by atoms with van der Waals surface area (Å²) in [6.07, 6.45) is 0.782. The molecular formula is C28H26ClN5O3. The largest absolute Gasteiger partial charge is 0.352 e. The van der Waals surface area contributed by atoms with Crippen molar-refractivity contribution in [2.24, 2.45) is 0 Å². The third-order valence-electron chi connectivity index (χ3n) is 6.46. The number of benzene rings is 3. The lowest BCUT2D eigenvalue weighted by Gasteiger charge is -2.13. The average Bonchev–Trinajstić information content (AvgIpc) is 3.23. The van der Waals surface area contributed by atoms with Crippen LogP contribution < -0.4 is 16.6 Å². The molecule has 0 aliphatic carbocycles. The van der Waals surface area contributed by atoms with Gasteiger partial charge in [-0.15, -0.1) is 5.10 Å². The van der Waals surface area contributed by atoms with Gasteiger partial charge < -0.3 is 5.32 Å². The van der Waals surface area contributed by atoms with Crippen LogP contribution in [-0.2, 0) is 13.1 Å².